The zero-order valence-corrected chi connectivity index (χ0v) is 16.2. The number of ether oxygens (including phenoxy) is 4. The zero-order chi connectivity index (χ0) is 21.1. The van der Waals surface area contributed by atoms with Crippen molar-refractivity contribution >= 4 is 18.0 Å². The first-order valence-electron chi connectivity index (χ1n) is 9.01. The summed E-state index contributed by atoms with van der Waals surface area (Å²) in [5.74, 6) is -0.238. The molecule has 2 aromatic carbocycles. The summed E-state index contributed by atoms with van der Waals surface area (Å²) in [5, 5.41) is 9.15. The van der Waals surface area contributed by atoms with Crippen molar-refractivity contribution < 1.29 is 28.5 Å². The highest BCUT2D eigenvalue weighted by atomic mass is 16.6. The van der Waals surface area contributed by atoms with Crippen LogP contribution >= 0.6 is 0 Å². The average molecular weight is 395 g/mol. The molecular formula is C22H21NO6. The van der Waals surface area contributed by atoms with Crippen molar-refractivity contribution in [2.24, 2.45) is 0 Å². The van der Waals surface area contributed by atoms with Crippen molar-refractivity contribution in [2.45, 2.75) is 13.8 Å². The molecule has 0 saturated heterocycles. The highest BCUT2D eigenvalue weighted by Gasteiger charge is 2.14. The number of benzene rings is 2. The molecule has 150 valence electrons. The van der Waals surface area contributed by atoms with Gasteiger partial charge in [-0.1, -0.05) is 24.3 Å². The van der Waals surface area contributed by atoms with Crippen LogP contribution in [0.3, 0.4) is 0 Å². The van der Waals surface area contributed by atoms with Gasteiger partial charge in [0.15, 0.2) is 18.1 Å². The monoisotopic (exact) mass is 395 g/mol. The normalized spacial score (nSPS) is 10.6. The first kappa shape index (κ1) is 21.5. The van der Waals surface area contributed by atoms with Gasteiger partial charge in [-0.2, -0.15) is 5.26 Å². The van der Waals surface area contributed by atoms with Gasteiger partial charge in [0.05, 0.1) is 13.2 Å². The predicted octanol–water partition coefficient (Wildman–Crippen LogP) is 3.54. The Balaban J connectivity index is 2.13. The number of nitriles is 1. The molecule has 2 rings (SSSR count). The number of carbonyl (C=O) groups is 2. The molecule has 7 heteroatoms. The first-order valence-corrected chi connectivity index (χ1v) is 9.01. The lowest BCUT2D eigenvalue weighted by atomic mass is 10.1. The molecule has 0 aliphatic carbocycles. The number of hydrogen-bond acceptors (Lipinski definition) is 7. The lowest BCUT2D eigenvalue weighted by molar-refractivity contribution is -0.138. The van der Waals surface area contributed by atoms with E-state index in [0.717, 1.165) is 0 Å². The number of nitrogens with zero attached hydrogens (tertiary/aromatic N) is 1. The quantitative estimate of drug-likeness (QED) is 0.277. The van der Waals surface area contributed by atoms with Crippen molar-refractivity contribution in [3.63, 3.8) is 0 Å². The van der Waals surface area contributed by atoms with Gasteiger partial charge in [-0.3, -0.25) is 0 Å². The van der Waals surface area contributed by atoms with Gasteiger partial charge in [0.2, 0.25) is 0 Å². The average Bonchev–Trinajstić information content (AvgIpc) is 2.73. The topological polar surface area (TPSA) is 94.9 Å². The number of hydrogen-bond donors (Lipinski definition) is 0. The largest absolute Gasteiger partial charge is 0.490 e. The minimum absolute atomic E-state index is 0.143. The van der Waals surface area contributed by atoms with E-state index in [0.29, 0.717) is 23.7 Å². The molecule has 7 nitrogen and oxygen atoms in total. The Hall–Kier alpha value is -3.79. The van der Waals surface area contributed by atoms with Crippen LogP contribution in [-0.2, 0) is 14.3 Å². The molecule has 0 radical (unpaired) electrons. The van der Waals surface area contributed by atoms with Crippen molar-refractivity contribution in [2.75, 3.05) is 19.8 Å². The standard InChI is InChI=1S/C22H21NO6/c1-3-26-20-13-16(12-17(14-23)22(25)27-4-2)10-11-19(20)29-21(24)15-28-18-8-6-5-7-9-18/h5-13H,3-4,15H2,1-2H3/b17-12+. The van der Waals surface area contributed by atoms with Gasteiger partial charge in [-0.25, -0.2) is 9.59 Å². The third-order valence-electron chi connectivity index (χ3n) is 3.52. The fraction of sp³-hybridized carbons (Fsp3) is 0.227. The van der Waals surface area contributed by atoms with E-state index in [1.165, 1.54) is 12.1 Å². The van der Waals surface area contributed by atoms with Gasteiger partial charge in [-0.15, -0.1) is 0 Å². The molecule has 0 bridgehead atoms. The molecule has 0 atom stereocenters. The summed E-state index contributed by atoms with van der Waals surface area (Å²) in [7, 11) is 0. The Morgan fingerprint density at radius 3 is 2.41 bits per heavy atom. The number of rotatable bonds is 9. The SMILES string of the molecule is CCOC(=O)/C(C#N)=C/c1ccc(OC(=O)COc2ccccc2)c(OCC)c1. The highest BCUT2D eigenvalue weighted by Crippen LogP contribution is 2.29. The zero-order valence-electron chi connectivity index (χ0n) is 16.2. The van der Waals surface area contributed by atoms with E-state index in [4.69, 9.17) is 24.2 Å². The maximum atomic E-state index is 12.1. The van der Waals surface area contributed by atoms with E-state index in [2.05, 4.69) is 0 Å². The summed E-state index contributed by atoms with van der Waals surface area (Å²) in [4.78, 5) is 23.9. The fourth-order valence-corrected chi connectivity index (χ4v) is 2.29. The minimum Gasteiger partial charge on any atom is -0.490 e. The van der Waals surface area contributed by atoms with Crippen LogP contribution in [0.25, 0.3) is 6.08 Å². The van der Waals surface area contributed by atoms with Crippen LogP contribution in [0.2, 0.25) is 0 Å². The molecule has 0 spiro atoms. The lowest BCUT2D eigenvalue weighted by Crippen LogP contribution is -2.18. The molecule has 0 aliphatic heterocycles. The van der Waals surface area contributed by atoms with Crippen LogP contribution < -0.4 is 14.2 Å². The Morgan fingerprint density at radius 2 is 1.76 bits per heavy atom. The molecule has 0 aromatic heterocycles. The van der Waals surface area contributed by atoms with E-state index in [-0.39, 0.29) is 24.5 Å². The van der Waals surface area contributed by atoms with Crippen molar-refractivity contribution in [3.05, 3.63) is 59.7 Å². The van der Waals surface area contributed by atoms with E-state index in [1.807, 2.05) is 12.1 Å². The third-order valence-corrected chi connectivity index (χ3v) is 3.52. The lowest BCUT2D eigenvalue weighted by Gasteiger charge is -2.12. The maximum Gasteiger partial charge on any atom is 0.349 e. The van der Waals surface area contributed by atoms with E-state index in [9.17, 15) is 9.59 Å². The van der Waals surface area contributed by atoms with Crippen molar-refractivity contribution in [3.8, 4) is 23.3 Å². The van der Waals surface area contributed by atoms with Crippen LogP contribution in [0.1, 0.15) is 19.4 Å². The molecule has 0 amide bonds. The molecule has 0 fully saturated rings. The Bertz CT molecular complexity index is 915. The van der Waals surface area contributed by atoms with Crippen molar-refractivity contribution in [1.29, 1.82) is 5.26 Å². The van der Waals surface area contributed by atoms with Gasteiger partial charge < -0.3 is 18.9 Å². The second kappa shape index (κ2) is 11.1. The van der Waals surface area contributed by atoms with Gasteiger partial charge in [-0.05, 0) is 49.8 Å². The summed E-state index contributed by atoms with van der Waals surface area (Å²) < 4.78 is 21.1. The van der Waals surface area contributed by atoms with Gasteiger partial charge in [0, 0.05) is 0 Å². The number of para-hydroxylation sites is 1. The van der Waals surface area contributed by atoms with Crippen LogP contribution in [0, 0.1) is 11.3 Å². The van der Waals surface area contributed by atoms with Gasteiger partial charge in [0.25, 0.3) is 0 Å². The van der Waals surface area contributed by atoms with Crippen LogP contribution in [0.5, 0.6) is 17.2 Å². The van der Waals surface area contributed by atoms with E-state index < -0.39 is 11.9 Å². The minimum atomic E-state index is -0.707. The number of carbonyl (C=O) groups excluding carboxylic acids is 2. The molecule has 2 aromatic rings. The van der Waals surface area contributed by atoms with E-state index in [1.54, 1.807) is 50.2 Å². The first-order chi connectivity index (χ1) is 14.1. The molecular weight excluding hydrogens is 374 g/mol. The molecule has 0 unspecified atom stereocenters. The Kier molecular flexibility index (Phi) is 8.27. The van der Waals surface area contributed by atoms with Gasteiger partial charge >= 0.3 is 11.9 Å². The van der Waals surface area contributed by atoms with Gasteiger partial charge in [0.1, 0.15) is 17.4 Å². The second-order valence-electron chi connectivity index (χ2n) is 5.61. The smallest absolute Gasteiger partial charge is 0.349 e. The number of esters is 2. The maximum absolute atomic E-state index is 12.1. The summed E-state index contributed by atoms with van der Waals surface area (Å²) in [5.41, 5.74) is 0.383. The molecule has 0 heterocycles. The molecule has 0 aliphatic rings. The van der Waals surface area contributed by atoms with Crippen LogP contribution in [0.4, 0.5) is 0 Å². The van der Waals surface area contributed by atoms with E-state index >= 15 is 0 Å². The second-order valence-corrected chi connectivity index (χ2v) is 5.61. The summed E-state index contributed by atoms with van der Waals surface area (Å²) in [6.07, 6.45) is 1.38. The van der Waals surface area contributed by atoms with Crippen LogP contribution in [-0.4, -0.2) is 31.8 Å². The molecule has 29 heavy (non-hydrogen) atoms. The summed E-state index contributed by atoms with van der Waals surface area (Å²) in [6.45, 7) is 3.68. The van der Waals surface area contributed by atoms with Crippen LogP contribution in [0.15, 0.2) is 54.1 Å². The van der Waals surface area contributed by atoms with Crippen molar-refractivity contribution in [1.82, 2.24) is 0 Å². The molecule has 0 saturated carbocycles. The summed E-state index contributed by atoms with van der Waals surface area (Å²) >= 11 is 0. The third kappa shape index (κ3) is 6.70. The fourth-order valence-electron chi connectivity index (χ4n) is 2.29. The Labute approximate surface area is 169 Å². The predicted molar refractivity (Wildman–Crippen MR) is 105 cm³/mol. The molecule has 0 N–H and O–H groups in total. The summed E-state index contributed by atoms with van der Waals surface area (Å²) in [6, 6.07) is 15.4. The highest BCUT2D eigenvalue weighted by molar-refractivity contribution is 5.98. The Morgan fingerprint density at radius 1 is 1.00 bits per heavy atom.